The van der Waals surface area contributed by atoms with Crippen molar-refractivity contribution < 1.29 is 37.0 Å². The summed E-state index contributed by atoms with van der Waals surface area (Å²) in [6.07, 6.45) is -2.62. The van der Waals surface area contributed by atoms with Gasteiger partial charge < -0.3 is 20.5 Å². The van der Waals surface area contributed by atoms with Gasteiger partial charge in [-0.15, -0.1) is 0 Å². The Hall–Kier alpha value is -2.69. The molecule has 4 atom stereocenters. The highest BCUT2D eigenvalue weighted by Gasteiger charge is 2.58. The molecular weight excluding hydrogens is 518 g/mol. The summed E-state index contributed by atoms with van der Waals surface area (Å²) in [7, 11) is 0. The number of carbonyl (C=O) groups is 2. The lowest BCUT2D eigenvalue weighted by atomic mass is 9.55. The number of nitrogens with one attached hydrogen (secondary N) is 2. The van der Waals surface area contributed by atoms with E-state index in [1.807, 2.05) is 6.92 Å². The van der Waals surface area contributed by atoms with Gasteiger partial charge >= 0.3 is 6.18 Å². The number of rotatable bonds is 9. The number of carbonyl (C=O) groups excluding carboxylic acids is 2. The first-order valence-corrected chi connectivity index (χ1v) is 13.7. The van der Waals surface area contributed by atoms with Crippen LogP contribution in [0.25, 0.3) is 0 Å². The lowest BCUT2D eigenvalue weighted by Crippen LogP contribution is -2.66. The van der Waals surface area contributed by atoms with Gasteiger partial charge in [0.25, 0.3) is 5.91 Å². The van der Waals surface area contributed by atoms with Crippen molar-refractivity contribution in [3.63, 3.8) is 0 Å². The van der Waals surface area contributed by atoms with Crippen LogP contribution in [0.4, 0.5) is 17.6 Å². The highest BCUT2D eigenvalue weighted by molar-refractivity contribution is 5.92. The number of hydrogen-bond acceptors (Lipinski definition) is 5. The molecule has 1 aromatic carbocycles. The zero-order valence-electron chi connectivity index (χ0n) is 22.3. The Morgan fingerprint density at radius 1 is 1.18 bits per heavy atom. The summed E-state index contributed by atoms with van der Waals surface area (Å²) < 4.78 is 59.1. The molecule has 0 radical (unpaired) electrons. The number of nitrogens with zero attached hydrogens (tertiary/aromatic N) is 1. The van der Waals surface area contributed by atoms with Crippen LogP contribution in [0.5, 0.6) is 5.75 Å². The van der Waals surface area contributed by atoms with E-state index in [4.69, 9.17) is 4.74 Å². The predicted molar refractivity (Wildman–Crippen MR) is 137 cm³/mol. The van der Waals surface area contributed by atoms with Crippen LogP contribution in [0.15, 0.2) is 29.3 Å². The fraction of sp³-hybridized carbons (Fsp3) is 0.679. The Labute approximate surface area is 225 Å². The molecule has 4 aliphatic rings. The number of benzene rings is 1. The Bertz CT molecular complexity index is 1070. The number of ether oxygens (including phenoxy) is 1. The third-order valence-electron chi connectivity index (χ3n) is 8.95. The second kappa shape index (κ2) is 11.4. The largest absolute Gasteiger partial charge is 0.484 e. The highest BCUT2D eigenvalue weighted by Crippen LogP contribution is 2.52. The molecule has 2 amide bonds. The molecule has 1 aromatic rings. The monoisotopic (exact) mass is 555 g/mol. The second-order valence-electron chi connectivity index (χ2n) is 11.4. The molecule has 39 heavy (non-hydrogen) atoms. The summed E-state index contributed by atoms with van der Waals surface area (Å²) in [5.74, 6) is -2.45. The van der Waals surface area contributed by atoms with Gasteiger partial charge in [0.15, 0.2) is 6.61 Å². The molecule has 3 saturated carbocycles. The molecule has 216 valence electrons. The van der Waals surface area contributed by atoms with Gasteiger partial charge in [-0.25, -0.2) is 4.39 Å². The maximum absolute atomic E-state index is 13.5. The van der Waals surface area contributed by atoms with Crippen LogP contribution in [-0.2, 0) is 9.59 Å². The van der Waals surface area contributed by atoms with E-state index in [1.54, 1.807) is 6.92 Å². The maximum Gasteiger partial charge on any atom is 0.393 e. The van der Waals surface area contributed by atoms with Gasteiger partial charge in [-0.1, -0.05) is 20.3 Å². The van der Waals surface area contributed by atoms with Crippen LogP contribution in [0, 0.1) is 23.1 Å². The molecule has 3 N–H and O–H groups in total. The summed E-state index contributed by atoms with van der Waals surface area (Å²) in [6.45, 7) is 3.42. The summed E-state index contributed by atoms with van der Waals surface area (Å²) in [6, 6.07) is 4.46. The van der Waals surface area contributed by atoms with Gasteiger partial charge in [-0.05, 0) is 75.1 Å². The minimum Gasteiger partial charge on any atom is -0.484 e. The molecule has 3 aliphatic carbocycles. The Morgan fingerprint density at radius 2 is 1.85 bits per heavy atom. The van der Waals surface area contributed by atoms with Crippen LogP contribution < -0.4 is 15.4 Å². The molecule has 0 spiro atoms. The van der Waals surface area contributed by atoms with Crippen LogP contribution in [0.2, 0.25) is 0 Å². The van der Waals surface area contributed by atoms with Crippen LogP contribution in [0.1, 0.15) is 65.2 Å². The number of fused-ring (bicyclic) bond motifs is 3. The van der Waals surface area contributed by atoms with E-state index in [2.05, 4.69) is 15.6 Å². The van der Waals surface area contributed by atoms with E-state index < -0.39 is 41.0 Å². The first-order chi connectivity index (χ1) is 18.4. The summed E-state index contributed by atoms with van der Waals surface area (Å²) in [4.78, 5) is 30.3. The van der Waals surface area contributed by atoms with Crippen molar-refractivity contribution in [2.75, 3.05) is 13.2 Å². The molecule has 7 nitrogen and oxygen atoms in total. The van der Waals surface area contributed by atoms with Crippen molar-refractivity contribution in [1.29, 1.82) is 0 Å². The minimum atomic E-state index is -4.31. The zero-order valence-corrected chi connectivity index (χ0v) is 22.3. The van der Waals surface area contributed by atoms with Gasteiger partial charge in [-0.3, -0.25) is 14.6 Å². The summed E-state index contributed by atoms with van der Waals surface area (Å²) in [5, 5.41) is 16.8. The van der Waals surface area contributed by atoms with Crippen molar-refractivity contribution in [2.45, 2.75) is 89.1 Å². The first-order valence-electron chi connectivity index (χ1n) is 13.7. The average molecular weight is 556 g/mol. The van der Waals surface area contributed by atoms with Crippen molar-refractivity contribution in [2.24, 2.45) is 22.2 Å². The normalized spacial score (nSPS) is 31.3. The van der Waals surface area contributed by atoms with E-state index in [1.165, 1.54) is 24.3 Å². The van der Waals surface area contributed by atoms with Crippen molar-refractivity contribution >= 4 is 17.5 Å². The number of amides is 2. The third kappa shape index (κ3) is 6.39. The number of aliphatic hydroxyl groups is 1. The molecule has 11 heteroatoms. The first kappa shape index (κ1) is 29.3. The van der Waals surface area contributed by atoms with Crippen LogP contribution in [-0.4, -0.2) is 59.6 Å². The lowest BCUT2D eigenvalue weighted by molar-refractivity contribution is -0.185. The molecule has 1 heterocycles. The maximum atomic E-state index is 13.5. The summed E-state index contributed by atoms with van der Waals surface area (Å²) in [5.41, 5.74) is -1.10. The van der Waals surface area contributed by atoms with E-state index in [9.17, 15) is 32.3 Å². The Balaban J connectivity index is 1.32. The Kier molecular flexibility index (Phi) is 8.58. The van der Waals surface area contributed by atoms with E-state index in [0.29, 0.717) is 43.6 Å². The molecule has 0 saturated heterocycles. The molecule has 2 bridgehead atoms. The molecule has 3 fully saturated rings. The molecule has 1 aliphatic heterocycles. The van der Waals surface area contributed by atoms with Gasteiger partial charge in [0, 0.05) is 11.3 Å². The second-order valence-corrected chi connectivity index (χ2v) is 11.4. The van der Waals surface area contributed by atoms with Gasteiger partial charge in [0.05, 0.1) is 30.0 Å². The smallest absolute Gasteiger partial charge is 0.393 e. The average Bonchev–Trinajstić information content (AvgIpc) is 2.90. The van der Waals surface area contributed by atoms with Crippen LogP contribution in [0.3, 0.4) is 0 Å². The number of alkyl halides is 3. The van der Waals surface area contributed by atoms with E-state index in [0.717, 1.165) is 0 Å². The topological polar surface area (TPSA) is 100 Å². The summed E-state index contributed by atoms with van der Waals surface area (Å²) >= 11 is 0. The fourth-order valence-electron chi connectivity index (χ4n) is 6.32. The van der Waals surface area contributed by atoms with Crippen molar-refractivity contribution in [1.82, 2.24) is 10.6 Å². The van der Waals surface area contributed by atoms with Gasteiger partial charge in [-0.2, -0.15) is 13.2 Å². The SMILES string of the molecule is CCC(C)C1N=C(CNC(=O)C23CCC(NC(=O)COc4ccc(F)cc4)(CC2)CC3O)CCC1C(F)(F)F. The third-order valence-corrected chi connectivity index (χ3v) is 8.95. The number of halogens is 4. The zero-order chi connectivity index (χ0) is 28.4. The van der Waals surface area contributed by atoms with Crippen molar-refractivity contribution in [3.05, 3.63) is 30.1 Å². The fourth-order valence-corrected chi connectivity index (χ4v) is 6.32. The van der Waals surface area contributed by atoms with Crippen molar-refractivity contribution in [3.8, 4) is 5.75 Å². The molecule has 4 unspecified atom stereocenters. The van der Waals surface area contributed by atoms with E-state index >= 15 is 0 Å². The highest BCUT2D eigenvalue weighted by atomic mass is 19.4. The number of hydrogen-bond donors (Lipinski definition) is 3. The Morgan fingerprint density at radius 3 is 2.44 bits per heavy atom. The quantitative estimate of drug-likeness (QED) is 0.395. The van der Waals surface area contributed by atoms with Crippen LogP contribution >= 0.6 is 0 Å². The van der Waals surface area contributed by atoms with Gasteiger partial charge in [0.1, 0.15) is 11.6 Å². The number of aliphatic imine (C=N–C) groups is 1. The standard InChI is InChI=1S/C28H37F4N3O4/c1-3-17(2)24-21(28(30,31)32)9-6-19(34-24)15-33-25(38)27-12-10-26(11-13-27,14-22(27)36)35-23(37)16-39-20-7-4-18(29)5-8-20/h4-5,7-8,17,21-22,24,36H,3,6,9-16H2,1-2H3,(H,33,38)(H,35,37). The predicted octanol–water partition coefficient (Wildman–Crippen LogP) is 4.33. The molecule has 0 aromatic heterocycles. The van der Waals surface area contributed by atoms with E-state index in [-0.39, 0.29) is 50.1 Å². The molecular formula is C28H37F4N3O4. The number of aliphatic hydroxyl groups excluding tert-OH is 1. The lowest BCUT2D eigenvalue weighted by Gasteiger charge is -2.55. The van der Waals surface area contributed by atoms with Gasteiger partial charge in [0.2, 0.25) is 5.91 Å². The minimum absolute atomic E-state index is 0.0475. The molecule has 5 rings (SSSR count).